The molecule has 0 saturated heterocycles. The second kappa shape index (κ2) is 4.81. The molecule has 1 heterocycles. The Balaban J connectivity index is 3.04. The molecule has 0 aliphatic carbocycles. The van der Waals surface area contributed by atoms with Crippen LogP contribution in [0.2, 0.25) is 0 Å². The number of rotatable bonds is 3. The number of hydrogen-bond acceptors (Lipinski definition) is 3. The van der Waals surface area contributed by atoms with E-state index in [1.807, 2.05) is 6.92 Å². The topological polar surface area (TPSA) is 56.0 Å². The highest BCUT2D eigenvalue weighted by molar-refractivity contribution is 5.07. The number of aromatic nitrogens is 2. The van der Waals surface area contributed by atoms with Gasteiger partial charge in [-0.25, -0.2) is 4.79 Å². The molecule has 0 fully saturated rings. The van der Waals surface area contributed by atoms with Crippen LogP contribution in [0.4, 0.5) is 0 Å². The summed E-state index contributed by atoms with van der Waals surface area (Å²) in [6.07, 6.45) is 6.74. The lowest BCUT2D eigenvalue weighted by molar-refractivity contribution is 0.610. The highest BCUT2D eigenvalue weighted by atomic mass is 16.2. The maximum absolute atomic E-state index is 11.7. The van der Waals surface area contributed by atoms with Crippen LogP contribution < -0.4 is 16.6 Å². The van der Waals surface area contributed by atoms with Gasteiger partial charge in [0.05, 0.1) is 6.04 Å². The number of nitrogens with zero attached hydrogens (tertiary/aromatic N) is 2. The van der Waals surface area contributed by atoms with E-state index in [1.54, 1.807) is 7.05 Å². The molecule has 1 aromatic heterocycles. The minimum absolute atomic E-state index is 0.109. The van der Waals surface area contributed by atoms with Crippen LogP contribution in [0, 0.1) is 12.3 Å². The predicted octanol–water partition coefficient (Wildman–Crippen LogP) is -0.805. The standard InChI is InChI=1S/C11H15N3O2/c1-5-8(2)12-6-9-7-13(3)11(16)14(4)10(9)15/h1,7-8,12H,6H2,2-4H3. The first kappa shape index (κ1) is 12.3. The first-order chi connectivity index (χ1) is 7.47. The maximum Gasteiger partial charge on any atom is 0.330 e. The molecule has 1 rings (SSSR count). The average molecular weight is 221 g/mol. The zero-order chi connectivity index (χ0) is 12.3. The molecule has 0 radical (unpaired) electrons. The van der Waals surface area contributed by atoms with Gasteiger partial charge in [-0.15, -0.1) is 6.42 Å². The van der Waals surface area contributed by atoms with E-state index in [-0.39, 0.29) is 17.3 Å². The Labute approximate surface area is 93.7 Å². The van der Waals surface area contributed by atoms with Crippen molar-refractivity contribution in [2.45, 2.75) is 19.5 Å². The minimum Gasteiger partial charge on any atom is -0.303 e. The van der Waals surface area contributed by atoms with Crippen molar-refractivity contribution in [3.05, 3.63) is 32.6 Å². The Morgan fingerprint density at radius 3 is 2.69 bits per heavy atom. The van der Waals surface area contributed by atoms with Crippen LogP contribution in [0.15, 0.2) is 15.8 Å². The zero-order valence-electron chi connectivity index (χ0n) is 9.65. The molecule has 0 saturated carbocycles. The van der Waals surface area contributed by atoms with Crippen molar-refractivity contribution in [3.63, 3.8) is 0 Å². The summed E-state index contributed by atoms with van der Waals surface area (Å²) in [6, 6.07) is -0.109. The molecule has 0 spiro atoms. The smallest absolute Gasteiger partial charge is 0.303 e. The van der Waals surface area contributed by atoms with Gasteiger partial charge >= 0.3 is 5.69 Å². The first-order valence-corrected chi connectivity index (χ1v) is 4.92. The van der Waals surface area contributed by atoms with Crippen molar-refractivity contribution in [2.75, 3.05) is 0 Å². The average Bonchev–Trinajstić information content (AvgIpc) is 2.28. The van der Waals surface area contributed by atoms with E-state index < -0.39 is 0 Å². The summed E-state index contributed by atoms with van der Waals surface area (Å²) in [6.45, 7) is 2.18. The van der Waals surface area contributed by atoms with Gasteiger partial charge in [0, 0.05) is 32.4 Å². The Kier molecular flexibility index (Phi) is 3.69. The Bertz CT molecular complexity index is 534. The van der Waals surface area contributed by atoms with Gasteiger partial charge in [0.1, 0.15) is 0 Å². The van der Waals surface area contributed by atoms with Crippen LogP contribution in [0.1, 0.15) is 12.5 Å². The van der Waals surface area contributed by atoms with Gasteiger partial charge in [-0.2, -0.15) is 0 Å². The molecule has 1 aromatic rings. The molecule has 5 nitrogen and oxygen atoms in total. The van der Waals surface area contributed by atoms with Gasteiger partial charge in [-0.1, -0.05) is 5.92 Å². The van der Waals surface area contributed by atoms with Gasteiger partial charge in [0.25, 0.3) is 5.56 Å². The van der Waals surface area contributed by atoms with Gasteiger partial charge in [-0.3, -0.25) is 14.7 Å². The van der Waals surface area contributed by atoms with E-state index in [4.69, 9.17) is 6.42 Å². The molecular weight excluding hydrogens is 206 g/mol. The summed E-state index contributed by atoms with van der Waals surface area (Å²) in [5.74, 6) is 2.51. The van der Waals surface area contributed by atoms with Crippen LogP contribution in [0.5, 0.6) is 0 Å². The van der Waals surface area contributed by atoms with Crippen molar-refractivity contribution in [2.24, 2.45) is 14.1 Å². The van der Waals surface area contributed by atoms with E-state index >= 15 is 0 Å². The van der Waals surface area contributed by atoms with Crippen molar-refractivity contribution < 1.29 is 0 Å². The number of terminal acetylenes is 1. The van der Waals surface area contributed by atoms with Crippen LogP contribution in [0.3, 0.4) is 0 Å². The van der Waals surface area contributed by atoms with Gasteiger partial charge in [-0.05, 0) is 6.92 Å². The van der Waals surface area contributed by atoms with E-state index in [1.165, 1.54) is 17.8 Å². The Hall–Kier alpha value is -1.80. The molecule has 0 aromatic carbocycles. The van der Waals surface area contributed by atoms with Gasteiger partial charge in [0.15, 0.2) is 0 Å². The molecular formula is C11H15N3O2. The normalized spacial score (nSPS) is 12.1. The number of aryl methyl sites for hydroxylation is 1. The van der Waals surface area contributed by atoms with Crippen molar-refractivity contribution in [3.8, 4) is 12.3 Å². The lowest BCUT2D eigenvalue weighted by Crippen LogP contribution is -2.40. The van der Waals surface area contributed by atoms with Crippen LogP contribution in [-0.4, -0.2) is 15.2 Å². The molecule has 0 aliphatic heterocycles. The maximum atomic E-state index is 11.7. The molecule has 16 heavy (non-hydrogen) atoms. The lowest BCUT2D eigenvalue weighted by atomic mass is 10.3. The molecule has 0 aliphatic rings. The fraction of sp³-hybridized carbons (Fsp3) is 0.455. The van der Waals surface area contributed by atoms with Crippen molar-refractivity contribution >= 4 is 0 Å². The highest BCUT2D eigenvalue weighted by Crippen LogP contribution is 1.89. The molecule has 1 N–H and O–H groups in total. The van der Waals surface area contributed by atoms with Gasteiger partial charge < -0.3 is 4.57 Å². The molecule has 1 atom stereocenters. The number of nitrogens with one attached hydrogen (secondary N) is 1. The van der Waals surface area contributed by atoms with Gasteiger partial charge in [0.2, 0.25) is 0 Å². The molecule has 5 heteroatoms. The van der Waals surface area contributed by atoms with E-state index in [0.29, 0.717) is 12.1 Å². The van der Waals surface area contributed by atoms with E-state index in [2.05, 4.69) is 11.2 Å². The summed E-state index contributed by atoms with van der Waals surface area (Å²) in [4.78, 5) is 23.1. The summed E-state index contributed by atoms with van der Waals surface area (Å²) in [7, 11) is 3.06. The molecule has 0 amide bonds. The molecule has 86 valence electrons. The zero-order valence-corrected chi connectivity index (χ0v) is 9.65. The first-order valence-electron chi connectivity index (χ1n) is 4.92. The van der Waals surface area contributed by atoms with E-state index in [9.17, 15) is 9.59 Å². The van der Waals surface area contributed by atoms with Crippen molar-refractivity contribution in [1.29, 1.82) is 0 Å². The van der Waals surface area contributed by atoms with E-state index in [0.717, 1.165) is 4.57 Å². The fourth-order valence-electron chi connectivity index (χ4n) is 1.33. The summed E-state index contributed by atoms with van der Waals surface area (Å²) in [5.41, 5.74) is -0.106. The summed E-state index contributed by atoms with van der Waals surface area (Å²) < 4.78 is 2.45. The third kappa shape index (κ3) is 2.41. The summed E-state index contributed by atoms with van der Waals surface area (Å²) >= 11 is 0. The second-order valence-electron chi connectivity index (χ2n) is 3.68. The quantitative estimate of drug-likeness (QED) is 0.680. The monoisotopic (exact) mass is 221 g/mol. The van der Waals surface area contributed by atoms with Crippen molar-refractivity contribution in [1.82, 2.24) is 14.5 Å². The Morgan fingerprint density at radius 1 is 1.50 bits per heavy atom. The molecule has 1 unspecified atom stereocenters. The summed E-state index contributed by atoms with van der Waals surface area (Å²) in [5, 5.41) is 3.00. The van der Waals surface area contributed by atoms with Crippen LogP contribution >= 0.6 is 0 Å². The minimum atomic E-state index is -0.334. The van der Waals surface area contributed by atoms with Crippen LogP contribution in [0.25, 0.3) is 0 Å². The lowest BCUT2D eigenvalue weighted by Gasteiger charge is -2.09. The largest absolute Gasteiger partial charge is 0.330 e. The SMILES string of the molecule is C#CC(C)NCc1cn(C)c(=O)n(C)c1=O. The third-order valence-corrected chi connectivity index (χ3v) is 2.37. The second-order valence-corrected chi connectivity index (χ2v) is 3.68. The fourth-order valence-corrected chi connectivity index (χ4v) is 1.33. The predicted molar refractivity (Wildman–Crippen MR) is 62.1 cm³/mol. The number of hydrogen-bond donors (Lipinski definition) is 1. The molecule has 0 bridgehead atoms. The third-order valence-electron chi connectivity index (χ3n) is 2.37. The van der Waals surface area contributed by atoms with Crippen LogP contribution in [-0.2, 0) is 20.6 Å². The highest BCUT2D eigenvalue weighted by Gasteiger charge is 2.07. The Morgan fingerprint density at radius 2 is 2.12 bits per heavy atom.